The number of carbonyl (C=O) groups excluding carboxylic acids is 1. The number of aromatic nitrogens is 4. The van der Waals surface area contributed by atoms with Gasteiger partial charge in [0.2, 0.25) is 11.9 Å². The molecule has 0 amide bonds. The third-order valence-corrected chi connectivity index (χ3v) is 5.41. The Labute approximate surface area is 179 Å². The molecule has 0 aromatic carbocycles. The second kappa shape index (κ2) is 10.4. The van der Waals surface area contributed by atoms with Crippen LogP contribution in [0, 0.1) is 5.92 Å². The molecule has 8 heteroatoms. The van der Waals surface area contributed by atoms with Crippen molar-refractivity contribution >= 4 is 23.5 Å². The second-order valence-corrected chi connectivity index (χ2v) is 8.10. The van der Waals surface area contributed by atoms with Gasteiger partial charge in [-0.15, -0.1) is 0 Å². The van der Waals surface area contributed by atoms with Gasteiger partial charge >= 0.3 is 0 Å². The minimum absolute atomic E-state index is 0.143. The Morgan fingerprint density at radius 1 is 1.17 bits per heavy atom. The van der Waals surface area contributed by atoms with Crippen molar-refractivity contribution in [3.8, 4) is 0 Å². The lowest BCUT2D eigenvalue weighted by molar-refractivity contribution is 0.0962. The van der Waals surface area contributed by atoms with Crippen molar-refractivity contribution in [2.45, 2.75) is 46.5 Å². The molecule has 1 N–H and O–H groups in total. The van der Waals surface area contributed by atoms with Crippen LogP contribution in [0.25, 0.3) is 0 Å². The van der Waals surface area contributed by atoms with Gasteiger partial charge < -0.3 is 15.1 Å². The van der Waals surface area contributed by atoms with Gasteiger partial charge in [0, 0.05) is 50.8 Å². The molecule has 1 aliphatic heterocycles. The maximum atomic E-state index is 12.6. The summed E-state index contributed by atoms with van der Waals surface area (Å²) < 4.78 is 0. The summed E-state index contributed by atoms with van der Waals surface area (Å²) in [4.78, 5) is 35.2. The van der Waals surface area contributed by atoms with E-state index in [-0.39, 0.29) is 5.78 Å². The summed E-state index contributed by atoms with van der Waals surface area (Å²) in [5.41, 5.74) is 0.666. The lowest BCUT2D eigenvalue weighted by Crippen LogP contribution is -2.45. The van der Waals surface area contributed by atoms with Crippen molar-refractivity contribution in [1.82, 2.24) is 24.8 Å². The molecule has 0 radical (unpaired) electrons. The van der Waals surface area contributed by atoms with Crippen LogP contribution in [-0.4, -0.2) is 63.8 Å². The number of piperazine rings is 1. The lowest BCUT2D eigenvalue weighted by Gasteiger charge is -2.32. The van der Waals surface area contributed by atoms with Gasteiger partial charge in [-0.05, 0) is 25.1 Å². The Balaban J connectivity index is 1.75. The minimum Gasteiger partial charge on any atom is -0.338 e. The number of Topliss-reactive ketones (excluding diaryl/α,β-unsaturated/α-hetero) is 1. The minimum atomic E-state index is 0.143. The number of rotatable bonds is 9. The molecule has 0 aliphatic carbocycles. The van der Waals surface area contributed by atoms with Crippen molar-refractivity contribution in [2.24, 2.45) is 5.92 Å². The highest BCUT2D eigenvalue weighted by molar-refractivity contribution is 5.96. The number of carbonyl (C=O) groups is 1. The average Bonchev–Trinajstić information content (AvgIpc) is 2.74. The smallest absolute Gasteiger partial charge is 0.233 e. The molecule has 1 unspecified atom stereocenters. The first-order valence-corrected chi connectivity index (χ1v) is 10.9. The van der Waals surface area contributed by atoms with Crippen LogP contribution in [0.1, 0.15) is 56.2 Å². The van der Waals surface area contributed by atoms with E-state index in [0.29, 0.717) is 35.6 Å². The van der Waals surface area contributed by atoms with Crippen LogP contribution in [0.15, 0.2) is 18.3 Å². The molecule has 3 heterocycles. The maximum absolute atomic E-state index is 12.6. The van der Waals surface area contributed by atoms with E-state index in [1.807, 2.05) is 6.92 Å². The van der Waals surface area contributed by atoms with E-state index in [0.717, 1.165) is 51.3 Å². The zero-order valence-electron chi connectivity index (χ0n) is 18.6. The molecule has 8 nitrogen and oxygen atoms in total. The standard InChI is InChI=1S/C22H33N7O/c1-5-7-16(3)14-18(30)17-8-9-23-20(15-17)25-21-24-19(6-2)26-22(27-21)29-12-10-28(4)11-13-29/h8-9,15-16H,5-7,10-14H2,1-4H3,(H,23,24,25,26,27). The summed E-state index contributed by atoms with van der Waals surface area (Å²) in [5, 5.41) is 3.18. The average molecular weight is 412 g/mol. The highest BCUT2D eigenvalue weighted by Crippen LogP contribution is 2.19. The maximum Gasteiger partial charge on any atom is 0.233 e. The fourth-order valence-corrected chi connectivity index (χ4v) is 3.59. The molecule has 0 spiro atoms. The molecular formula is C22H33N7O. The third kappa shape index (κ3) is 5.95. The molecular weight excluding hydrogens is 378 g/mol. The van der Waals surface area contributed by atoms with Crippen molar-refractivity contribution in [3.63, 3.8) is 0 Å². The van der Waals surface area contributed by atoms with E-state index in [2.05, 4.69) is 55.9 Å². The molecule has 3 rings (SSSR count). The first-order chi connectivity index (χ1) is 14.5. The van der Waals surface area contributed by atoms with Crippen molar-refractivity contribution in [3.05, 3.63) is 29.7 Å². The van der Waals surface area contributed by atoms with Gasteiger partial charge in [-0.3, -0.25) is 4.79 Å². The quantitative estimate of drug-likeness (QED) is 0.629. The number of hydrogen-bond acceptors (Lipinski definition) is 8. The summed E-state index contributed by atoms with van der Waals surface area (Å²) in [7, 11) is 2.12. The van der Waals surface area contributed by atoms with E-state index in [1.54, 1.807) is 18.3 Å². The van der Waals surface area contributed by atoms with Gasteiger partial charge in [-0.25, -0.2) is 4.98 Å². The number of nitrogens with zero attached hydrogens (tertiary/aromatic N) is 6. The van der Waals surface area contributed by atoms with Crippen molar-refractivity contribution in [2.75, 3.05) is 43.4 Å². The monoisotopic (exact) mass is 411 g/mol. The van der Waals surface area contributed by atoms with Crippen LogP contribution in [0.3, 0.4) is 0 Å². The zero-order valence-corrected chi connectivity index (χ0v) is 18.6. The number of anilines is 3. The fraction of sp³-hybridized carbons (Fsp3) is 0.591. The molecule has 162 valence electrons. The van der Waals surface area contributed by atoms with Gasteiger partial charge in [0.1, 0.15) is 11.6 Å². The predicted molar refractivity (Wildman–Crippen MR) is 119 cm³/mol. The van der Waals surface area contributed by atoms with Crippen LogP contribution in [0.4, 0.5) is 17.7 Å². The van der Waals surface area contributed by atoms with Gasteiger partial charge in [0.05, 0.1) is 0 Å². The van der Waals surface area contributed by atoms with Crippen LogP contribution in [0.2, 0.25) is 0 Å². The highest BCUT2D eigenvalue weighted by Gasteiger charge is 2.19. The Hall–Kier alpha value is -2.61. The van der Waals surface area contributed by atoms with Crippen molar-refractivity contribution in [1.29, 1.82) is 0 Å². The third-order valence-electron chi connectivity index (χ3n) is 5.41. The fourth-order valence-electron chi connectivity index (χ4n) is 3.59. The molecule has 30 heavy (non-hydrogen) atoms. The SMILES string of the molecule is CCCC(C)CC(=O)c1ccnc(Nc2nc(CC)nc(N3CCN(C)CC3)n2)c1. The molecule has 1 saturated heterocycles. The number of ketones is 1. The van der Waals surface area contributed by atoms with Crippen LogP contribution in [0.5, 0.6) is 0 Å². The predicted octanol–water partition coefficient (Wildman–Crippen LogP) is 3.33. The van der Waals surface area contributed by atoms with E-state index in [1.165, 1.54) is 0 Å². The Bertz CT molecular complexity index is 849. The molecule has 1 aliphatic rings. The molecule has 0 bridgehead atoms. The lowest BCUT2D eigenvalue weighted by atomic mass is 9.96. The normalized spacial score (nSPS) is 15.8. The number of nitrogens with one attached hydrogen (secondary N) is 1. The molecule has 0 saturated carbocycles. The van der Waals surface area contributed by atoms with Gasteiger partial charge in [0.25, 0.3) is 0 Å². The Morgan fingerprint density at radius 2 is 1.93 bits per heavy atom. The van der Waals surface area contributed by atoms with E-state index < -0.39 is 0 Å². The first-order valence-electron chi connectivity index (χ1n) is 10.9. The number of likely N-dealkylation sites (N-methyl/N-ethyl adjacent to an activating group) is 1. The highest BCUT2D eigenvalue weighted by atomic mass is 16.1. The topological polar surface area (TPSA) is 87.1 Å². The van der Waals surface area contributed by atoms with E-state index >= 15 is 0 Å². The number of aryl methyl sites for hydroxylation is 1. The molecule has 2 aromatic heterocycles. The molecule has 1 atom stereocenters. The summed E-state index contributed by atoms with van der Waals surface area (Å²) >= 11 is 0. The van der Waals surface area contributed by atoms with E-state index in [9.17, 15) is 4.79 Å². The number of pyridine rings is 1. The van der Waals surface area contributed by atoms with Crippen LogP contribution < -0.4 is 10.2 Å². The van der Waals surface area contributed by atoms with E-state index in [4.69, 9.17) is 0 Å². The summed E-state index contributed by atoms with van der Waals surface area (Å²) in [6, 6.07) is 3.55. The van der Waals surface area contributed by atoms with Crippen LogP contribution in [-0.2, 0) is 6.42 Å². The molecule has 1 fully saturated rings. The zero-order chi connectivity index (χ0) is 21.5. The van der Waals surface area contributed by atoms with Gasteiger partial charge in [-0.2, -0.15) is 15.0 Å². The van der Waals surface area contributed by atoms with Gasteiger partial charge in [0.15, 0.2) is 5.78 Å². The van der Waals surface area contributed by atoms with Crippen molar-refractivity contribution < 1.29 is 4.79 Å². The van der Waals surface area contributed by atoms with Crippen LogP contribution >= 0.6 is 0 Å². The largest absolute Gasteiger partial charge is 0.338 e. The number of hydrogen-bond donors (Lipinski definition) is 1. The summed E-state index contributed by atoms with van der Waals surface area (Å²) in [5.74, 6) is 2.99. The van der Waals surface area contributed by atoms with Gasteiger partial charge in [-0.1, -0.05) is 33.6 Å². The summed E-state index contributed by atoms with van der Waals surface area (Å²) in [6.07, 6.45) is 5.08. The Morgan fingerprint density at radius 3 is 2.63 bits per heavy atom. The summed E-state index contributed by atoms with van der Waals surface area (Å²) in [6.45, 7) is 10.0. The first kappa shape index (κ1) is 22.1. The molecule has 2 aromatic rings. The second-order valence-electron chi connectivity index (χ2n) is 8.10. The Kier molecular flexibility index (Phi) is 7.68.